The summed E-state index contributed by atoms with van der Waals surface area (Å²) in [5, 5.41) is 11.2. The molecule has 1 aromatic carbocycles. The zero-order chi connectivity index (χ0) is 14.7. The van der Waals surface area contributed by atoms with Gasteiger partial charge in [0.25, 0.3) is 5.69 Å². The summed E-state index contributed by atoms with van der Waals surface area (Å²) >= 11 is 3.28. The van der Waals surface area contributed by atoms with Gasteiger partial charge >= 0.3 is 0 Å². The second-order valence-electron chi connectivity index (χ2n) is 4.03. The number of nitro benzene ring substituents is 1. The van der Waals surface area contributed by atoms with E-state index < -0.39 is 10.7 Å². The maximum atomic E-state index is 13.8. The predicted molar refractivity (Wildman–Crippen MR) is 74.7 cm³/mol. The molecule has 0 unspecified atom stereocenters. The largest absolute Gasteiger partial charge is 0.436 e. The molecule has 20 heavy (non-hydrogen) atoms. The van der Waals surface area contributed by atoms with Crippen LogP contribution in [-0.2, 0) is 5.33 Å². The van der Waals surface area contributed by atoms with Crippen molar-refractivity contribution < 1.29 is 14.1 Å². The molecule has 2 rings (SSSR count). The smallest absolute Gasteiger partial charge is 0.275 e. The average Bonchev–Trinajstić information content (AvgIpc) is 2.42. The Labute approximate surface area is 122 Å². The number of hydrogen-bond donors (Lipinski definition) is 0. The summed E-state index contributed by atoms with van der Waals surface area (Å²) < 4.78 is 19.3. The molecule has 1 heterocycles. The number of benzene rings is 1. The fourth-order valence-electron chi connectivity index (χ4n) is 1.64. The third kappa shape index (κ3) is 2.93. The Kier molecular flexibility index (Phi) is 4.29. The fourth-order valence-corrected chi connectivity index (χ4v) is 2.07. The van der Waals surface area contributed by atoms with Crippen LogP contribution in [0, 0.1) is 22.9 Å². The normalized spacial score (nSPS) is 10.3. The van der Waals surface area contributed by atoms with E-state index >= 15 is 0 Å². The lowest BCUT2D eigenvalue weighted by atomic mass is 10.2. The van der Waals surface area contributed by atoms with E-state index in [0.29, 0.717) is 10.9 Å². The molecule has 2 aromatic rings. The molecule has 0 aliphatic heterocycles. The molecule has 5 nitrogen and oxygen atoms in total. The number of hydrogen-bond acceptors (Lipinski definition) is 4. The third-order valence-corrected chi connectivity index (χ3v) is 3.25. The number of nitrogens with zero attached hydrogens (tertiary/aromatic N) is 2. The highest BCUT2D eigenvalue weighted by atomic mass is 79.9. The van der Waals surface area contributed by atoms with E-state index in [-0.39, 0.29) is 17.3 Å². The van der Waals surface area contributed by atoms with E-state index in [0.717, 1.165) is 11.6 Å². The van der Waals surface area contributed by atoms with Gasteiger partial charge in [-0.25, -0.2) is 9.37 Å². The Morgan fingerprint density at radius 3 is 2.90 bits per heavy atom. The van der Waals surface area contributed by atoms with E-state index in [1.165, 1.54) is 19.2 Å². The van der Waals surface area contributed by atoms with Crippen LogP contribution in [0.3, 0.4) is 0 Å². The van der Waals surface area contributed by atoms with Crippen molar-refractivity contribution in [1.82, 2.24) is 4.98 Å². The first kappa shape index (κ1) is 14.4. The molecule has 0 bridgehead atoms. The molecule has 0 saturated carbocycles. The Hall–Kier alpha value is -2.02. The third-order valence-electron chi connectivity index (χ3n) is 2.65. The van der Waals surface area contributed by atoms with E-state index in [1.54, 1.807) is 12.1 Å². The highest BCUT2D eigenvalue weighted by molar-refractivity contribution is 9.08. The molecule has 0 amide bonds. The Bertz CT molecular complexity index is 664. The number of pyridine rings is 1. The molecule has 0 aliphatic carbocycles. The molecule has 0 fully saturated rings. The maximum absolute atomic E-state index is 13.8. The number of halogens is 2. The van der Waals surface area contributed by atoms with E-state index in [4.69, 9.17) is 4.74 Å². The van der Waals surface area contributed by atoms with Crippen molar-refractivity contribution >= 4 is 21.6 Å². The number of nitro groups is 1. The van der Waals surface area contributed by atoms with Gasteiger partial charge in [0.2, 0.25) is 5.88 Å². The number of alkyl halides is 1. The maximum Gasteiger partial charge on any atom is 0.275 e. The van der Waals surface area contributed by atoms with Crippen molar-refractivity contribution in [2.45, 2.75) is 12.3 Å². The van der Waals surface area contributed by atoms with Crippen molar-refractivity contribution in [3.05, 3.63) is 57.5 Å². The van der Waals surface area contributed by atoms with Crippen molar-refractivity contribution in [2.75, 3.05) is 0 Å². The molecule has 0 spiro atoms. The lowest BCUT2D eigenvalue weighted by molar-refractivity contribution is -0.385. The molecule has 0 atom stereocenters. The lowest BCUT2D eigenvalue weighted by Gasteiger charge is -2.09. The first-order valence-corrected chi connectivity index (χ1v) is 6.77. The quantitative estimate of drug-likeness (QED) is 0.477. The van der Waals surface area contributed by atoms with Gasteiger partial charge in [0.15, 0.2) is 11.6 Å². The lowest BCUT2D eigenvalue weighted by Crippen LogP contribution is -1.98. The number of rotatable bonds is 4. The van der Waals surface area contributed by atoms with E-state index in [2.05, 4.69) is 20.9 Å². The van der Waals surface area contributed by atoms with Crippen molar-refractivity contribution in [2.24, 2.45) is 0 Å². The Morgan fingerprint density at radius 1 is 1.50 bits per heavy atom. The summed E-state index contributed by atoms with van der Waals surface area (Å²) in [6.07, 6.45) is 1.53. The minimum atomic E-state index is -0.798. The first-order chi connectivity index (χ1) is 9.52. The van der Waals surface area contributed by atoms with Gasteiger partial charge < -0.3 is 4.74 Å². The molecular weight excluding hydrogens is 331 g/mol. The molecule has 7 heteroatoms. The van der Waals surface area contributed by atoms with E-state index in [9.17, 15) is 14.5 Å². The Morgan fingerprint density at radius 2 is 2.25 bits per heavy atom. The first-order valence-electron chi connectivity index (χ1n) is 5.65. The minimum absolute atomic E-state index is 0.0889. The standard InChI is InChI=1S/C13H10BrFN2O3/c1-8-5-12(10(15)6-11(8)17(18)19)20-13-9(7-14)3-2-4-16-13/h2-6H,7H2,1H3. The summed E-state index contributed by atoms with van der Waals surface area (Å²) in [5.41, 5.74) is 0.794. The second-order valence-corrected chi connectivity index (χ2v) is 4.59. The van der Waals surface area contributed by atoms with E-state index in [1.807, 2.05) is 0 Å². The summed E-state index contributed by atoms with van der Waals surface area (Å²) in [5.74, 6) is -0.626. The fraction of sp³-hybridized carbons (Fsp3) is 0.154. The van der Waals surface area contributed by atoms with Crippen LogP contribution in [-0.4, -0.2) is 9.91 Å². The average molecular weight is 341 g/mol. The highest BCUT2D eigenvalue weighted by Gasteiger charge is 2.17. The van der Waals surface area contributed by atoms with Gasteiger partial charge in [0, 0.05) is 22.7 Å². The summed E-state index contributed by atoms with van der Waals surface area (Å²) in [6.45, 7) is 1.52. The van der Waals surface area contributed by atoms with Crippen LogP contribution in [0.25, 0.3) is 0 Å². The zero-order valence-corrected chi connectivity index (χ0v) is 12.1. The molecule has 0 aliphatic rings. The van der Waals surface area contributed by atoms with Crippen LogP contribution in [0.2, 0.25) is 0 Å². The van der Waals surface area contributed by atoms with Crippen LogP contribution in [0.4, 0.5) is 10.1 Å². The summed E-state index contributed by atoms with van der Waals surface area (Å²) in [6, 6.07) is 5.66. The van der Waals surface area contributed by atoms with Crippen molar-refractivity contribution in [3.8, 4) is 11.6 Å². The zero-order valence-electron chi connectivity index (χ0n) is 10.5. The van der Waals surface area contributed by atoms with Gasteiger partial charge in [-0.15, -0.1) is 0 Å². The van der Waals surface area contributed by atoms with Crippen LogP contribution in [0.1, 0.15) is 11.1 Å². The molecule has 1 aromatic heterocycles. The highest BCUT2D eigenvalue weighted by Crippen LogP contribution is 2.31. The predicted octanol–water partition coefficient (Wildman–Crippen LogP) is 4.12. The van der Waals surface area contributed by atoms with Crippen molar-refractivity contribution in [1.29, 1.82) is 0 Å². The van der Waals surface area contributed by atoms with Gasteiger partial charge in [-0.3, -0.25) is 10.1 Å². The minimum Gasteiger partial charge on any atom is -0.436 e. The van der Waals surface area contributed by atoms with Gasteiger partial charge in [-0.1, -0.05) is 22.0 Å². The molecule has 0 N–H and O–H groups in total. The number of ether oxygens (including phenoxy) is 1. The van der Waals surface area contributed by atoms with Crippen LogP contribution >= 0.6 is 15.9 Å². The summed E-state index contributed by atoms with van der Waals surface area (Å²) in [7, 11) is 0. The van der Waals surface area contributed by atoms with Crippen LogP contribution in [0.15, 0.2) is 30.5 Å². The number of aryl methyl sites for hydroxylation is 1. The molecule has 0 radical (unpaired) electrons. The van der Waals surface area contributed by atoms with Gasteiger partial charge in [-0.05, 0) is 19.1 Å². The summed E-state index contributed by atoms with van der Waals surface area (Å²) in [4.78, 5) is 14.1. The van der Waals surface area contributed by atoms with Gasteiger partial charge in [0.05, 0.1) is 11.0 Å². The monoisotopic (exact) mass is 340 g/mol. The second kappa shape index (κ2) is 5.96. The van der Waals surface area contributed by atoms with Crippen molar-refractivity contribution in [3.63, 3.8) is 0 Å². The molecular formula is C13H10BrFN2O3. The molecule has 0 saturated heterocycles. The van der Waals surface area contributed by atoms with Crippen LogP contribution in [0.5, 0.6) is 11.6 Å². The topological polar surface area (TPSA) is 65.3 Å². The van der Waals surface area contributed by atoms with Gasteiger partial charge in [-0.2, -0.15) is 0 Å². The number of aromatic nitrogens is 1. The molecule has 104 valence electrons. The SMILES string of the molecule is Cc1cc(Oc2ncccc2CBr)c(F)cc1[N+](=O)[O-]. The van der Waals surface area contributed by atoms with Gasteiger partial charge in [0.1, 0.15) is 0 Å². The Balaban J connectivity index is 2.39. The van der Waals surface area contributed by atoms with Crippen LogP contribution < -0.4 is 4.74 Å².